The topological polar surface area (TPSA) is 80.1 Å². The molecule has 0 bridgehead atoms. The largest absolute Gasteiger partial charge is 0.355 e. The van der Waals surface area contributed by atoms with Gasteiger partial charge in [0.25, 0.3) is 0 Å². The number of hydrogen-bond acceptors (Lipinski definition) is 5. The average molecular weight is 424 g/mol. The van der Waals surface area contributed by atoms with Gasteiger partial charge in [0.15, 0.2) is 0 Å². The fraction of sp³-hybridized carbons (Fsp3) is 0.364. The number of anilines is 1. The quantitative estimate of drug-likeness (QED) is 0.661. The Morgan fingerprint density at radius 1 is 1.23 bits per heavy atom. The molecule has 7 nitrogen and oxygen atoms in total. The second-order valence-corrected chi connectivity index (χ2v) is 8.58. The van der Waals surface area contributed by atoms with Crippen molar-refractivity contribution in [2.24, 2.45) is 5.92 Å². The van der Waals surface area contributed by atoms with E-state index >= 15 is 0 Å². The van der Waals surface area contributed by atoms with Gasteiger partial charge in [-0.05, 0) is 39.0 Å². The van der Waals surface area contributed by atoms with Gasteiger partial charge in [0.2, 0.25) is 16.9 Å². The molecule has 0 radical (unpaired) electrons. The Morgan fingerprint density at radius 3 is 2.70 bits per heavy atom. The maximum atomic E-state index is 12.6. The van der Waals surface area contributed by atoms with Crippen LogP contribution < -0.4 is 10.2 Å². The Labute approximate surface area is 179 Å². The Hall–Kier alpha value is -3.00. The van der Waals surface area contributed by atoms with Crippen LogP contribution in [0.1, 0.15) is 29.1 Å². The Bertz CT molecular complexity index is 1070. The number of aromatic nitrogens is 3. The van der Waals surface area contributed by atoms with Gasteiger partial charge in [0.05, 0.1) is 17.3 Å². The summed E-state index contributed by atoms with van der Waals surface area (Å²) in [4.78, 5) is 31.3. The number of hydrogen-bond donors (Lipinski definition) is 1. The molecule has 1 N–H and O–H groups in total. The van der Waals surface area contributed by atoms with Crippen LogP contribution in [0.3, 0.4) is 0 Å². The lowest BCUT2D eigenvalue weighted by molar-refractivity contribution is -0.126. The molecule has 2 amide bonds. The molecule has 1 saturated heterocycles. The zero-order valence-electron chi connectivity index (χ0n) is 17.4. The van der Waals surface area contributed by atoms with Crippen LogP contribution in [0.5, 0.6) is 0 Å². The molecule has 0 spiro atoms. The number of rotatable bonds is 6. The molecule has 8 heteroatoms. The summed E-state index contributed by atoms with van der Waals surface area (Å²) in [5.41, 5.74) is 4.92. The van der Waals surface area contributed by atoms with E-state index in [2.05, 4.69) is 15.4 Å². The van der Waals surface area contributed by atoms with Gasteiger partial charge >= 0.3 is 0 Å². The number of carbonyl (C=O) groups is 2. The van der Waals surface area contributed by atoms with Crippen molar-refractivity contribution in [3.05, 3.63) is 58.4 Å². The highest BCUT2D eigenvalue weighted by atomic mass is 32.1. The zero-order valence-corrected chi connectivity index (χ0v) is 18.2. The van der Waals surface area contributed by atoms with Crippen molar-refractivity contribution in [3.8, 4) is 5.13 Å². The second kappa shape index (κ2) is 8.39. The first-order valence-corrected chi connectivity index (χ1v) is 10.9. The number of aryl methyl sites for hydroxylation is 3. The number of carbonyl (C=O) groups excluding carboxylic acids is 2. The molecular formula is C22H25N5O2S. The molecule has 1 aliphatic heterocycles. The van der Waals surface area contributed by atoms with Crippen LogP contribution in [0.4, 0.5) is 5.69 Å². The maximum absolute atomic E-state index is 12.6. The average Bonchev–Trinajstić information content (AvgIpc) is 3.41. The molecule has 1 unspecified atom stereocenters. The summed E-state index contributed by atoms with van der Waals surface area (Å²) in [6.07, 6.45) is 0.891. The molecule has 156 valence electrons. The number of benzene rings is 1. The number of nitrogens with one attached hydrogen (secondary N) is 1. The first kappa shape index (κ1) is 20.3. The van der Waals surface area contributed by atoms with E-state index in [4.69, 9.17) is 0 Å². The third-order valence-corrected chi connectivity index (χ3v) is 6.12. The third kappa shape index (κ3) is 4.28. The fourth-order valence-corrected chi connectivity index (χ4v) is 4.51. The minimum absolute atomic E-state index is 0.00645. The molecule has 0 aliphatic carbocycles. The monoisotopic (exact) mass is 423 g/mol. The number of nitrogens with zero attached hydrogens (tertiary/aromatic N) is 4. The highest BCUT2D eigenvalue weighted by Crippen LogP contribution is 2.25. The number of thiazole rings is 1. The highest BCUT2D eigenvalue weighted by molar-refractivity contribution is 7.12. The predicted molar refractivity (Wildman–Crippen MR) is 117 cm³/mol. The van der Waals surface area contributed by atoms with Crippen molar-refractivity contribution in [1.29, 1.82) is 0 Å². The van der Waals surface area contributed by atoms with Crippen molar-refractivity contribution < 1.29 is 9.59 Å². The smallest absolute Gasteiger partial charge is 0.227 e. The lowest BCUT2D eigenvalue weighted by Gasteiger charge is -2.17. The first-order valence-electron chi connectivity index (χ1n) is 10.0. The molecule has 1 aromatic carbocycles. The zero-order chi connectivity index (χ0) is 21.3. The van der Waals surface area contributed by atoms with Gasteiger partial charge in [-0.3, -0.25) is 9.59 Å². The Kier molecular flexibility index (Phi) is 5.67. The molecule has 4 rings (SSSR count). The Morgan fingerprint density at radius 2 is 2.00 bits per heavy atom. The maximum Gasteiger partial charge on any atom is 0.227 e. The fourth-order valence-electron chi connectivity index (χ4n) is 3.65. The summed E-state index contributed by atoms with van der Waals surface area (Å²) < 4.78 is 1.84. The second-order valence-electron chi connectivity index (χ2n) is 7.74. The van der Waals surface area contributed by atoms with Gasteiger partial charge in [0.1, 0.15) is 0 Å². The van der Waals surface area contributed by atoms with Crippen LogP contribution in [-0.4, -0.2) is 39.7 Å². The molecule has 3 aromatic rings. The number of amides is 2. The van der Waals surface area contributed by atoms with Crippen molar-refractivity contribution in [3.63, 3.8) is 0 Å². The lowest BCUT2D eigenvalue weighted by atomic mass is 10.1. The van der Waals surface area contributed by atoms with E-state index in [9.17, 15) is 9.59 Å². The molecule has 1 aliphatic rings. The molecule has 2 aromatic heterocycles. The van der Waals surface area contributed by atoms with E-state index in [1.54, 1.807) is 4.90 Å². The van der Waals surface area contributed by atoms with Gasteiger partial charge in [-0.1, -0.05) is 17.7 Å². The van der Waals surface area contributed by atoms with E-state index < -0.39 is 0 Å². The summed E-state index contributed by atoms with van der Waals surface area (Å²) in [7, 11) is 0. The minimum atomic E-state index is -0.320. The summed E-state index contributed by atoms with van der Waals surface area (Å²) >= 11 is 1.54. The van der Waals surface area contributed by atoms with Gasteiger partial charge in [-0.25, -0.2) is 9.67 Å². The normalized spacial score (nSPS) is 16.3. The van der Waals surface area contributed by atoms with E-state index in [0.717, 1.165) is 33.5 Å². The molecule has 1 atom stereocenters. The predicted octanol–water partition coefficient (Wildman–Crippen LogP) is 2.97. The van der Waals surface area contributed by atoms with Crippen LogP contribution >= 0.6 is 11.3 Å². The summed E-state index contributed by atoms with van der Waals surface area (Å²) in [6, 6.07) is 9.82. The summed E-state index contributed by atoms with van der Waals surface area (Å²) in [6.45, 7) is 6.89. The molecule has 0 saturated carbocycles. The van der Waals surface area contributed by atoms with Crippen LogP contribution in [0.2, 0.25) is 0 Å². The van der Waals surface area contributed by atoms with Gasteiger partial charge in [-0.15, -0.1) is 11.3 Å². The van der Waals surface area contributed by atoms with Crippen LogP contribution in [-0.2, 0) is 16.0 Å². The molecule has 1 fully saturated rings. The van der Waals surface area contributed by atoms with Crippen LogP contribution in [0.25, 0.3) is 5.13 Å². The van der Waals surface area contributed by atoms with E-state index in [1.165, 1.54) is 11.3 Å². The minimum Gasteiger partial charge on any atom is -0.355 e. The molecule has 30 heavy (non-hydrogen) atoms. The lowest BCUT2D eigenvalue weighted by Crippen LogP contribution is -2.34. The van der Waals surface area contributed by atoms with E-state index in [0.29, 0.717) is 19.5 Å². The van der Waals surface area contributed by atoms with Gasteiger partial charge in [-0.2, -0.15) is 5.10 Å². The molecule has 3 heterocycles. The standard InChI is InChI=1S/C22H25N5O2S/c1-14-4-6-19(7-5-14)26-12-17(11-20(26)28)21(29)23-9-8-18-13-30-22(24-18)27-16(3)10-15(2)25-27/h4-7,10,13,17H,8-9,11-12H2,1-3H3,(H,23,29). The van der Waals surface area contributed by atoms with Crippen molar-refractivity contribution in [2.45, 2.75) is 33.6 Å². The van der Waals surface area contributed by atoms with Crippen molar-refractivity contribution in [1.82, 2.24) is 20.1 Å². The van der Waals surface area contributed by atoms with E-state index in [-0.39, 0.29) is 24.2 Å². The highest BCUT2D eigenvalue weighted by Gasteiger charge is 2.34. The first-order chi connectivity index (χ1) is 14.4. The SMILES string of the molecule is Cc1ccc(N2CC(C(=O)NCCc3csc(-n4nc(C)cc4C)n3)CC2=O)cc1. The van der Waals surface area contributed by atoms with Crippen molar-refractivity contribution in [2.75, 3.05) is 18.0 Å². The third-order valence-electron chi connectivity index (χ3n) is 5.25. The van der Waals surface area contributed by atoms with E-state index in [1.807, 2.05) is 61.2 Å². The molecular weight excluding hydrogens is 398 g/mol. The van der Waals surface area contributed by atoms with Crippen LogP contribution in [0, 0.1) is 26.7 Å². The van der Waals surface area contributed by atoms with Gasteiger partial charge in [0, 0.05) is 42.7 Å². The van der Waals surface area contributed by atoms with Gasteiger partial charge < -0.3 is 10.2 Å². The summed E-state index contributed by atoms with van der Waals surface area (Å²) in [5, 5.41) is 10.2. The summed E-state index contributed by atoms with van der Waals surface area (Å²) in [5.74, 6) is -0.403. The Balaban J connectivity index is 1.30. The van der Waals surface area contributed by atoms with Crippen molar-refractivity contribution >= 4 is 28.8 Å². The van der Waals surface area contributed by atoms with Crippen LogP contribution in [0.15, 0.2) is 35.7 Å².